The highest BCUT2D eigenvalue weighted by atomic mass is 16.6. The average molecular weight is 456 g/mol. The van der Waals surface area contributed by atoms with E-state index < -0.39 is 12.1 Å². The molecule has 1 aliphatic rings. The fourth-order valence-electron chi connectivity index (χ4n) is 4.16. The van der Waals surface area contributed by atoms with Crippen molar-refractivity contribution in [3.05, 3.63) is 96.3 Å². The predicted octanol–water partition coefficient (Wildman–Crippen LogP) is 3.51. The number of imidazole rings is 1. The molecule has 2 aromatic heterocycles. The molecule has 1 fully saturated rings. The van der Waals surface area contributed by atoms with Gasteiger partial charge in [-0.1, -0.05) is 48.5 Å². The van der Waals surface area contributed by atoms with Crippen molar-refractivity contribution in [2.45, 2.75) is 19.1 Å². The molecule has 1 aliphatic heterocycles. The molecule has 2 aromatic carbocycles. The lowest BCUT2D eigenvalue weighted by Crippen LogP contribution is -2.60. The minimum absolute atomic E-state index is 0.148. The molecule has 2 amide bonds. The third-order valence-electron chi connectivity index (χ3n) is 5.97. The third-order valence-corrected chi connectivity index (χ3v) is 5.97. The Bertz CT molecular complexity index is 1270. The molecule has 34 heavy (non-hydrogen) atoms. The number of nitrogens with zero attached hydrogens (tertiary/aromatic N) is 4. The molecule has 0 bridgehead atoms. The van der Waals surface area contributed by atoms with Gasteiger partial charge in [0.15, 0.2) is 5.82 Å². The Morgan fingerprint density at radius 3 is 2.50 bits per heavy atom. The van der Waals surface area contributed by atoms with Gasteiger partial charge in [-0.3, -0.25) is 14.6 Å². The normalized spacial score (nSPS) is 16.1. The van der Waals surface area contributed by atoms with Gasteiger partial charge < -0.3 is 14.9 Å². The smallest absolute Gasteiger partial charge is 0.410 e. The van der Waals surface area contributed by atoms with E-state index in [1.807, 2.05) is 77.5 Å². The van der Waals surface area contributed by atoms with Crippen LogP contribution >= 0.6 is 0 Å². The largest absolute Gasteiger partial charge is 0.445 e. The molecule has 8 heteroatoms. The van der Waals surface area contributed by atoms with E-state index in [2.05, 4.69) is 4.98 Å². The number of carbonyl (C=O) groups is 2. The first kappa shape index (κ1) is 21.5. The number of nitrogens with two attached hydrogens (primary N) is 1. The highest BCUT2D eigenvalue weighted by Gasteiger charge is 2.39. The van der Waals surface area contributed by atoms with Crippen LogP contribution in [0.3, 0.4) is 0 Å². The first-order chi connectivity index (χ1) is 16.6. The number of hydrogen-bond acceptors (Lipinski definition) is 5. The van der Waals surface area contributed by atoms with Gasteiger partial charge in [0.2, 0.25) is 0 Å². The maximum absolute atomic E-state index is 13.7. The van der Waals surface area contributed by atoms with Crippen LogP contribution in [0.15, 0.2) is 85.2 Å². The van der Waals surface area contributed by atoms with E-state index in [0.29, 0.717) is 31.0 Å². The van der Waals surface area contributed by atoms with Gasteiger partial charge >= 0.3 is 6.09 Å². The minimum atomic E-state index is -0.717. The summed E-state index contributed by atoms with van der Waals surface area (Å²) in [6, 6.07) is 21.8. The Kier molecular flexibility index (Phi) is 5.86. The number of pyridine rings is 1. The molecule has 0 radical (unpaired) electrons. The molecule has 3 heterocycles. The van der Waals surface area contributed by atoms with Gasteiger partial charge in [-0.25, -0.2) is 9.78 Å². The second kappa shape index (κ2) is 9.27. The fourth-order valence-corrected chi connectivity index (χ4v) is 4.16. The number of benzene rings is 2. The Morgan fingerprint density at radius 2 is 1.74 bits per heavy atom. The summed E-state index contributed by atoms with van der Waals surface area (Å²) in [6.07, 6.45) is 3.56. The van der Waals surface area contributed by atoms with Crippen LogP contribution in [0.5, 0.6) is 0 Å². The zero-order valence-corrected chi connectivity index (χ0v) is 18.6. The molecule has 8 nitrogen and oxygen atoms in total. The molecule has 4 aromatic rings. The van der Waals surface area contributed by atoms with Crippen molar-refractivity contribution >= 4 is 29.2 Å². The third kappa shape index (κ3) is 4.43. The maximum Gasteiger partial charge on any atom is 0.410 e. The maximum atomic E-state index is 13.7. The van der Waals surface area contributed by atoms with Gasteiger partial charge in [-0.2, -0.15) is 0 Å². The highest BCUT2D eigenvalue weighted by molar-refractivity contribution is 5.99. The number of nitrogen functional groups attached to an aromatic ring is 1. The zero-order chi connectivity index (χ0) is 23.5. The summed E-state index contributed by atoms with van der Waals surface area (Å²) in [5.74, 6) is 0.374. The summed E-state index contributed by atoms with van der Waals surface area (Å²) in [5.41, 5.74) is 9.02. The van der Waals surface area contributed by atoms with E-state index in [4.69, 9.17) is 10.5 Å². The molecule has 0 spiro atoms. The van der Waals surface area contributed by atoms with E-state index in [-0.39, 0.29) is 12.5 Å². The Balaban J connectivity index is 1.39. The van der Waals surface area contributed by atoms with Crippen LogP contribution in [0.4, 0.5) is 16.3 Å². The Morgan fingerprint density at radius 1 is 0.971 bits per heavy atom. The number of anilines is 2. The molecule has 0 saturated carbocycles. The molecule has 2 N–H and O–H groups in total. The van der Waals surface area contributed by atoms with E-state index >= 15 is 0 Å². The molecule has 1 saturated heterocycles. The number of fused-ring (bicyclic) bond motifs is 1. The van der Waals surface area contributed by atoms with Crippen LogP contribution in [-0.2, 0) is 22.6 Å². The minimum Gasteiger partial charge on any atom is -0.445 e. The first-order valence-electron chi connectivity index (χ1n) is 11.2. The first-order valence-corrected chi connectivity index (χ1v) is 11.2. The van der Waals surface area contributed by atoms with E-state index in [1.165, 1.54) is 4.90 Å². The van der Waals surface area contributed by atoms with E-state index in [9.17, 15) is 9.59 Å². The quantitative estimate of drug-likeness (QED) is 0.465. The van der Waals surface area contributed by atoms with Crippen molar-refractivity contribution < 1.29 is 14.3 Å². The summed E-state index contributed by atoms with van der Waals surface area (Å²) >= 11 is 0. The van der Waals surface area contributed by atoms with Crippen molar-refractivity contribution in [2.75, 3.05) is 23.7 Å². The number of ether oxygens (including phenoxy) is 1. The number of piperazine rings is 1. The van der Waals surface area contributed by atoms with Crippen molar-refractivity contribution in [1.29, 1.82) is 0 Å². The second-order valence-electron chi connectivity index (χ2n) is 8.25. The van der Waals surface area contributed by atoms with Gasteiger partial charge in [0.05, 0.1) is 6.20 Å². The van der Waals surface area contributed by atoms with Crippen LogP contribution in [0.2, 0.25) is 0 Å². The van der Waals surface area contributed by atoms with Gasteiger partial charge in [-0.15, -0.1) is 0 Å². The lowest BCUT2D eigenvalue weighted by Gasteiger charge is -2.39. The van der Waals surface area contributed by atoms with E-state index in [0.717, 1.165) is 16.8 Å². The van der Waals surface area contributed by atoms with Crippen LogP contribution in [0.25, 0.3) is 5.65 Å². The summed E-state index contributed by atoms with van der Waals surface area (Å²) in [7, 11) is 0. The Labute approximate surface area is 197 Å². The van der Waals surface area contributed by atoms with Crippen LogP contribution < -0.4 is 10.6 Å². The fraction of sp³-hybridized carbons (Fsp3) is 0.192. The van der Waals surface area contributed by atoms with Crippen LogP contribution in [-0.4, -0.2) is 45.4 Å². The molecular formula is C26H25N5O3. The summed E-state index contributed by atoms with van der Waals surface area (Å²) in [5, 5.41) is 0. The van der Waals surface area contributed by atoms with Crippen molar-refractivity contribution in [2.24, 2.45) is 0 Å². The lowest BCUT2D eigenvalue weighted by atomic mass is 10.0. The topological polar surface area (TPSA) is 93.2 Å². The summed E-state index contributed by atoms with van der Waals surface area (Å²) in [4.78, 5) is 34.5. The summed E-state index contributed by atoms with van der Waals surface area (Å²) in [6.45, 7) is 0.823. The van der Waals surface area contributed by atoms with Gasteiger partial charge in [0.1, 0.15) is 18.3 Å². The van der Waals surface area contributed by atoms with Gasteiger partial charge in [0.25, 0.3) is 5.91 Å². The van der Waals surface area contributed by atoms with Crippen molar-refractivity contribution in [1.82, 2.24) is 14.3 Å². The van der Waals surface area contributed by atoms with Gasteiger partial charge in [0, 0.05) is 31.4 Å². The predicted molar refractivity (Wildman–Crippen MR) is 129 cm³/mol. The molecule has 5 rings (SSSR count). The SMILES string of the molecule is Nc1ccc(C[C@@H]2C(=O)N(c3cn4ccccc4n3)CCN2C(=O)OCc2ccccc2)cc1. The molecule has 172 valence electrons. The molecule has 1 atom stereocenters. The molecule has 0 unspecified atom stereocenters. The van der Waals surface area contributed by atoms with Crippen LogP contribution in [0, 0.1) is 0 Å². The van der Waals surface area contributed by atoms with Gasteiger partial charge in [-0.05, 0) is 35.4 Å². The number of carbonyl (C=O) groups excluding carboxylic acids is 2. The average Bonchev–Trinajstić information content (AvgIpc) is 3.29. The second-order valence-corrected chi connectivity index (χ2v) is 8.25. The monoisotopic (exact) mass is 455 g/mol. The Hall–Kier alpha value is -4.33. The number of rotatable bonds is 5. The number of hydrogen-bond donors (Lipinski definition) is 1. The molecular weight excluding hydrogens is 430 g/mol. The standard InChI is InChI=1S/C26H25N5O3/c27-21-11-9-19(10-12-21)16-22-25(32)31(24-17-29-13-5-4-8-23(29)28-24)15-14-30(22)26(33)34-18-20-6-2-1-3-7-20/h1-13,17,22H,14-16,18,27H2/t22-/m1/s1. The number of aromatic nitrogens is 2. The zero-order valence-electron chi connectivity index (χ0n) is 18.6. The molecule has 0 aliphatic carbocycles. The number of amides is 2. The summed E-state index contributed by atoms with van der Waals surface area (Å²) < 4.78 is 7.44. The van der Waals surface area contributed by atoms with E-state index in [1.54, 1.807) is 17.0 Å². The van der Waals surface area contributed by atoms with Crippen molar-refractivity contribution in [3.63, 3.8) is 0 Å². The lowest BCUT2D eigenvalue weighted by molar-refractivity contribution is -0.125. The highest BCUT2D eigenvalue weighted by Crippen LogP contribution is 2.24. The van der Waals surface area contributed by atoms with Crippen LogP contribution in [0.1, 0.15) is 11.1 Å². The van der Waals surface area contributed by atoms with Crippen molar-refractivity contribution in [3.8, 4) is 0 Å².